The average Bonchev–Trinajstić information content (AvgIpc) is 2.35. The van der Waals surface area contributed by atoms with Crippen LogP contribution in [0.4, 0.5) is 0 Å². The fourth-order valence-corrected chi connectivity index (χ4v) is 3.81. The first-order valence-corrected chi connectivity index (χ1v) is 7.47. The Hall–Kier alpha value is -1.55. The molecule has 3 rings (SSSR count). The minimum atomic E-state index is -0.835. The maximum Gasteiger partial charge on any atom is 0.336 e. The highest BCUT2D eigenvalue weighted by Gasteiger charge is 2.23. The lowest BCUT2D eigenvalue weighted by atomic mass is 9.95. The highest BCUT2D eigenvalue weighted by molar-refractivity contribution is 7.98. The van der Waals surface area contributed by atoms with Crippen LogP contribution in [0.1, 0.15) is 32.7 Å². The zero-order valence-electron chi connectivity index (χ0n) is 11.0. The maximum atomic E-state index is 11.7. The Labute approximate surface area is 116 Å². The molecule has 1 N–H and O–H groups in total. The summed E-state index contributed by atoms with van der Waals surface area (Å²) in [5.74, 6) is 0.945. The molecule has 4 heteroatoms. The van der Waals surface area contributed by atoms with E-state index in [1.807, 2.05) is 26.0 Å². The summed E-state index contributed by atoms with van der Waals surface area (Å²) in [6.45, 7) is 3.98. The molecule has 1 aromatic heterocycles. The number of aryl methyl sites for hydroxylation is 3. The monoisotopic (exact) mass is 273 g/mol. The molecule has 0 spiro atoms. The van der Waals surface area contributed by atoms with Gasteiger partial charge in [-0.15, -0.1) is 0 Å². The molecule has 0 bridgehead atoms. The average molecular weight is 273 g/mol. The van der Waals surface area contributed by atoms with Crippen molar-refractivity contribution in [3.63, 3.8) is 0 Å². The molecule has 3 nitrogen and oxygen atoms in total. The lowest BCUT2D eigenvalue weighted by Gasteiger charge is -2.19. The van der Waals surface area contributed by atoms with Gasteiger partial charge in [0.2, 0.25) is 0 Å². The number of pyridine rings is 1. The van der Waals surface area contributed by atoms with E-state index in [9.17, 15) is 9.90 Å². The number of thioether (sulfide) groups is 1. The van der Waals surface area contributed by atoms with Crippen molar-refractivity contribution in [2.75, 3.05) is 5.75 Å². The van der Waals surface area contributed by atoms with E-state index in [-0.39, 0.29) is 0 Å². The van der Waals surface area contributed by atoms with Gasteiger partial charge < -0.3 is 5.11 Å². The minimum absolute atomic E-state index is 0.463. The first-order chi connectivity index (χ1) is 9.08. The maximum absolute atomic E-state index is 11.7. The number of rotatable bonds is 1. The van der Waals surface area contributed by atoms with Gasteiger partial charge >= 0.3 is 5.97 Å². The second-order valence-electron chi connectivity index (χ2n) is 5.00. The van der Waals surface area contributed by atoms with E-state index >= 15 is 0 Å². The van der Waals surface area contributed by atoms with Crippen molar-refractivity contribution in [3.8, 4) is 0 Å². The third kappa shape index (κ3) is 2.00. The Morgan fingerprint density at radius 1 is 1.37 bits per heavy atom. The van der Waals surface area contributed by atoms with E-state index in [0.717, 1.165) is 51.2 Å². The molecule has 0 amide bonds. The van der Waals surface area contributed by atoms with Crippen molar-refractivity contribution < 1.29 is 9.90 Å². The van der Waals surface area contributed by atoms with E-state index in [1.165, 1.54) is 0 Å². The van der Waals surface area contributed by atoms with E-state index in [1.54, 1.807) is 11.8 Å². The molecule has 0 saturated heterocycles. The van der Waals surface area contributed by atoms with Crippen LogP contribution in [0.5, 0.6) is 0 Å². The number of benzene rings is 1. The summed E-state index contributed by atoms with van der Waals surface area (Å²) < 4.78 is 0. The standard InChI is InChI=1S/C15H15NO2S/c1-8-5-9(2)13-12(6-8)16-11-3-4-19-7-10(11)14(13)15(17)18/h5-6H,3-4,7H2,1-2H3,(H,17,18). The number of carbonyl (C=O) groups is 1. The Morgan fingerprint density at radius 3 is 2.89 bits per heavy atom. The molecule has 19 heavy (non-hydrogen) atoms. The highest BCUT2D eigenvalue weighted by atomic mass is 32.2. The molecular formula is C15H15NO2S. The first kappa shape index (κ1) is 12.5. The van der Waals surface area contributed by atoms with Crippen LogP contribution in [0.15, 0.2) is 12.1 Å². The van der Waals surface area contributed by atoms with E-state index < -0.39 is 5.97 Å². The molecule has 0 fully saturated rings. The number of carboxylic acids is 1. The summed E-state index contributed by atoms with van der Waals surface area (Å²) >= 11 is 1.78. The van der Waals surface area contributed by atoms with E-state index in [2.05, 4.69) is 0 Å². The van der Waals surface area contributed by atoms with Crippen LogP contribution in [0.2, 0.25) is 0 Å². The summed E-state index contributed by atoms with van der Waals surface area (Å²) in [6, 6.07) is 4.01. The molecular weight excluding hydrogens is 258 g/mol. The number of aromatic nitrogens is 1. The molecule has 2 heterocycles. The van der Waals surface area contributed by atoms with Crippen molar-refractivity contribution in [1.29, 1.82) is 0 Å². The lowest BCUT2D eigenvalue weighted by molar-refractivity contribution is 0.0698. The number of aromatic carboxylic acids is 1. The van der Waals surface area contributed by atoms with Crippen LogP contribution in [-0.4, -0.2) is 21.8 Å². The number of hydrogen-bond acceptors (Lipinski definition) is 3. The predicted molar refractivity (Wildman–Crippen MR) is 78.0 cm³/mol. The van der Waals surface area contributed by atoms with Crippen molar-refractivity contribution >= 4 is 28.6 Å². The van der Waals surface area contributed by atoms with Gasteiger partial charge in [0.15, 0.2) is 0 Å². The summed E-state index contributed by atoms with van der Waals surface area (Å²) in [5.41, 5.74) is 5.29. The molecule has 0 radical (unpaired) electrons. The summed E-state index contributed by atoms with van der Waals surface area (Å²) in [6.07, 6.45) is 0.864. The van der Waals surface area contributed by atoms with Gasteiger partial charge in [-0.2, -0.15) is 11.8 Å². The van der Waals surface area contributed by atoms with Crippen LogP contribution < -0.4 is 0 Å². The van der Waals surface area contributed by atoms with Gasteiger partial charge in [0, 0.05) is 16.8 Å². The Balaban J connectivity index is 2.46. The van der Waals surface area contributed by atoms with E-state index in [4.69, 9.17) is 4.98 Å². The molecule has 1 aliphatic rings. The molecule has 0 unspecified atom stereocenters. The summed E-state index contributed by atoms with van der Waals surface area (Å²) in [7, 11) is 0. The van der Waals surface area contributed by atoms with Gasteiger partial charge in [-0.25, -0.2) is 4.79 Å². The van der Waals surface area contributed by atoms with Crippen LogP contribution in [0.3, 0.4) is 0 Å². The molecule has 0 saturated carbocycles. The van der Waals surface area contributed by atoms with Crippen LogP contribution in [0.25, 0.3) is 10.9 Å². The van der Waals surface area contributed by atoms with Crippen LogP contribution in [0, 0.1) is 13.8 Å². The predicted octanol–water partition coefficient (Wildman–Crippen LogP) is 3.34. The first-order valence-electron chi connectivity index (χ1n) is 6.31. The van der Waals surface area contributed by atoms with Gasteiger partial charge in [0.25, 0.3) is 0 Å². The summed E-state index contributed by atoms with van der Waals surface area (Å²) in [5, 5.41) is 10.4. The van der Waals surface area contributed by atoms with Gasteiger partial charge in [0.05, 0.1) is 11.1 Å². The summed E-state index contributed by atoms with van der Waals surface area (Å²) in [4.78, 5) is 16.4. The van der Waals surface area contributed by atoms with Crippen LogP contribution in [-0.2, 0) is 12.2 Å². The SMILES string of the molecule is Cc1cc(C)c2c(C(=O)O)c3c(nc2c1)CCSC3. The van der Waals surface area contributed by atoms with Crippen molar-refractivity contribution in [2.24, 2.45) is 0 Å². The molecule has 0 atom stereocenters. The zero-order valence-corrected chi connectivity index (χ0v) is 11.8. The van der Waals surface area contributed by atoms with Gasteiger partial charge in [-0.05, 0) is 48.8 Å². The second kappa shape index (κ2) is 4.53. The lowest BCUT2D eigenvalue weighted by Crippen LogP contribution is -2.13. The van der Waals surface area contributed by atoms with Crippen molar-refractivity contribution in [1.82, 2.24) is 4.98 Å². The Morgan fingerprint density at radius 2 is 2.16 bits per heavy atom. The molecule has 2 aromatic rings. The topological polar surface area (TPSA) is 50.2 Å². The van der Waals surface area contributed by atoms with Gasteiger partial charge in [-0.3, -0.25) is 4.98 Å². The number of fused-ring (bicyclic) bond motifs is 2. The number of nitrogens with zero attached hydrogens (tertiary/aromatic N) is 1. The largest absolute Gasteiger partial charge is 0.478 e. The normalized spacial score (nSPS) is 14.4. The van der Waals surface area contributed by atoms with Gasteiger partial charge in [0.1, 0.15) is 0 Å². The fourth-order valence-electron chi connectivity index (χ4n) is 2.81. The quantitative estimate of drug-likeness (QED) is 0.865. The van der Waals surface area contributed by atoms with E-state index in [0.29, 0.717) is 5.56 Å². The molecule has 0 aliphatic carbocycles. The van der Waals surface area contributed by atoms with Crippen molar-refractivity contribution in [2.45, 2.75) is 26.0 Å². The zero-order chi connectivity index (χ0) is 13.6. The molecule has 98 valence electrons. The number of hydrogen-bond donors (Lipinski definition) is 1. The second-order valence-corrected chi connectivity index (χ2v) is 6.10. The Bertz CT molecular complexity index is 694. The third-order valence-electron chi connectivity index (χ3n) is 3.56. The minimum Gasteiger partial charge on any atom is -0.478 e. The third-order valence-corrected chi connectivity index (χ3v) is 4.54. The highest BCUT2D eigenvalue weighted by Crippen LogP contribution is 2.33. The van der Waals surface area contributed by atoms with Crippen molar-refractivity contribution in [3.05, 3.63) is 40.1 Å². The Kier molecular flexibility index (Phi) is 2.97. The molecule has 1 aliphatic heterocycles. The van der Waals surface area contributed by atoms with Gasteiger partial charge in [-0.1, -0.05) is 6.07 Å². The number of carboxylic acid groups (broad SMARTS) is 1. The van der Waals surface area contributed by atoms with Crippen LogP contribution >= 0.6 is 11.8 Å². The fraction of sp³-hybridized carbons (Fsp3) is 0.333. The molecule has 1 aromatic carbocycles. The smallest absolute Gasteiger partial charge is 0.336 e.